The molecule has 2 unspecified atom stereocenters. The number of nitrogens with one attached hydrogen (secondary N) is 1. The third-order valence-electron chi connectivity index (χ3n) is 3.20. The number of methoxy groups -OCH3 is 1. The maximum atomic E-state index is 11.7. The molecule has 0 bridgehead atoms. The molecule has 1 amide bonds. The Morgan fingerprint density at radius 3 is 2.60 bits per heavy atom. The highest BCUT2D eigenvalue weighted by molar-refractivity contribution is 5.77. The van der Waals surface area contributed by atoms with Gasteiger partial charge in [-0.2, -0.15) is 0 Å². The van der Waals surface area contributed by atoms with Gasteiger partial charge in [0.1, 0.15) is 0 Å². The van der Waals surface area contributed by atoms with E-state index in [-0.39, 0.29) is 11.5 Å². The van der Waals surface area contributed by atoms with E-state index in [0.717, 1.165) is 18.8 Å². The first kappa shape index (κ1) is 12.5. The van der Waals surface area contributed by atoms with Gasteiger partial charge in [0.15, 0.2) is 0 Å². The molecular weight excluding hydrogens is 190 g/mol. The molecule has 0 radical (unpaired) electrons. The summed E-state index contributed by atoms with van der Waals surface area (Å²) in [7, 11) is 1.64. The number of ether oxygens (including phenoxy) is 1. The Balaban J connectivity index is 2.30. The molecule has 0 aromatic carbocycles. The first-order chi connectivity index (χ1) is 6.93. The first-order valence-electron chi connectivity index (χ1n) is 5.77. The van der Waals surface area contributed by atoms with Crippen molar-refractivity contribution in [1.29, 1.82) is 0 Å². The Hall–Kier alpha value is -0.570. The Morgan fingerprint density at radius 1 is 1.47 bits per heavy atom. The fraction of sp³-hybridized carbons (Fsp3) is 0.917. The molecule has 1 N–H and O–H groups in total. The summed E-state index contributed by atoms with van der Waals surface area (Å²) in [6.07, 6.45) is 3.92. The van der Waals surface area contributed by atoms with Crippen molar-refractivity contribution in [1.82, 2.24) is 5.32 Å². The Kier molecular flexibility index (Phi) is 4.14. The van der Waals surface area contributed by atoms with Gasteiger partial charge < -0.3 is 10.1 Å². The first-order valence-corrected chi connectivity index (χ1v) is 5.77. The van der Waals surface area contributed by atoms with Crippen LogP contribution >= 0.6 is 0 Å². The minimum atomic E-state index is -0.353. The molecule has 1 fully saturated rings. The second kappa shape index (κ2) is 4.97. The third kappa shape index (κ3) is 4.20. The van der Waals surface area contributed by atoms with Crippen molar-refractivity contribution in [2.45, 2.75) is 58.1 Å². The average molecular weight is 213 g/mol. The van der Waals surface area contributed by atoms with Crippen molar-refractivity contribution >= 4 is 5.91 Å². The minimum absolute atomic E-state index is 0.112. The maximum Gasteiger partial charge on any atom is 0.223 e. The molecule has 3 heteroatoms. The van der Waals surface area contributed by atoms with E-state index in [1.54, 1.807) is 7.11 Å². The second-order valence-corrected chi connectivity index (χ2v) is 5.32. The summed E-state index contributed by atoms with van der Waals surface area (Å²) < 4.78 is 5.23. The molecule has 1 aliphatic carbocycles. The summed E-state index contributed by atoms with van der Waals surface area (Å²) in [6.45, 7) is 6.11. The predicted octanol–water partition coefficient (Wildman–Crippen LogP) is 2.11. The lowest BCUT2D eigenvalue weighted by atomic mass is 10.0. The summed E-state index contributed by atoms with van der Waals surface area (Å²) in [5.74, 6) is 0.867. The lowest BCUT2D eigenvalue weighted by Gasteiger charge is -2.23. The number of hydrogen-bond acceptors (Lipinski definition) is 2. The maximum absolute atomic E-state index is 11.7. The van der Waals surface area contributed by atoms with Crippen LogP contribution in [0.2, 0.25) is 0 Å². The molecule has 0 heterocycles. The summed E-state index contributed by atoms with van der Waals surface area (Å²) >= 11 is 0. The molecular formula is C12H23NO2. The zero-order valence-corrected chi connectivity index (χ0v) is 10.3. The monoisotopic (exact) mass is 213 g/mol. The number of carbonyl (C=O) groups is 1. The lowest BCUT2D eigenvalue weighted by Crippen LogP contribution is -2.38. The van der Waals surface area contributed by atoms with E-state index < -0.39 is 0 Å². The van der Waals surface area contributed by atoms with Gasteiger partial charge in [0.05, 0.1) is 12.0 Å². The van der Waals surface area contributed by atoms with E-state index in [9.17, 15) is 4.79 Å². The molecule has 88 valence electrons. The lowest BCUT2D eigenvalue weighted by molar-refractivity contribution is -0.126. The van der Waals surface area contributed by atoms with Gasteiger partial charge in [-0.05, 0) is 39.0 Å². The Labute approximate surface area is 92.6 Å². The van der Waals surface area contributed by atoms with Crippen molar-refractivity contribution in [2.75, 3.05) is 7.11 Å². The predicted molar refractivity (Wildman–Crippen MR) is 60.7 cm³/mol. The molecule has 0 aromatic rings. The van der Waals surface area contributed by atoms with Crippen LogP contribution in [0.25, 0.3) is 0 Å². The number of amides is 1. The molecule has 0 spiro atoms. The fourth-order valence-electron chi connectivity index (χ4n) is 2.08. The van der Waals surface area contributed by atoms with Gasteiger partial charge in [-0.25, -0.2) is 0 Å². The molecule has 1 rings (SSSR count). The smallest absolute Gasteiger partial charge is 0.223 e. The third-order valence-corrected chi connectivity index (χ3v) is 3.20. The number of hydrogen-bond donors (Lipinski definition) is 1. The average Bonchev–Trinajstić information content (AvgIpc) is 2.50. The molecule has 0 saturated heterocycles. The van der Waals surface area contributed by atoms with E-state index >= 15 is 0 Å². The Morgan fingerprint density at radius 2 is 2.13 bits per heavy atom. The zero-order valence-electron chi connectivity index (χ0n) is 10.3. The quantitative estimate of drug-likeness (QED) is 0.776. The Bertz CT molecular complexity index is 226. The van der Waals surface area contributed by atoms with Crippen LogP contribution < -0.4 is 5.32 Å². The largest absolute Gasteiger partial charge is 0.378 e. The van der Waals surface area contributed by atoms with Gasteiger partial charge in [0, 0.05) is 13.2 Å². The summed E-state index contributed by atoms with van der Waals surface area (Å²) in [5, 5.41) is 3.08. The van der Waals surface area contributed by atoms with Gasteiger partial charge >= 0.3 is 0 Å². The second-order valence-electron chi connectivity index (χ2n) is 5.32. The highest BCUT2D eigenvalue weighted by Crippen LogP contribution is 2.25. The van der Waals surface area contributed by atoms with E-state index in [2.05, 4.69) is 12.2 Å². The minimum Gasteiger partial charge on any atom is -0.378 e. The fourth-order valence-corrected chi connectivity index (χ4v) is 2.08. The molecule has 0 aromatic heterocycles. The van der Waals surface area contributed by atoms with Crippen LogP contribution in [0, 0.1) is 5.92 Å². The van der Waals surface area contributed by atoms with E-state index in [4.69, 9.17) is 4.74 Å². The highest BCUT2D eigenvalue weighted by atomic mass is 16.5. The molecule has 1 aliphatic rings. The van der Waals surface area contributed by atoms with Crippen LogP contribution in [0.15, 0.2) is 0 Å². The van der Waals surface area contributed by atoms with Crippen LogP contribution in [0.4, 0.5) is 0 Å². The topological polar surface area (TPSA) is 38.3 Å². The number of carbonyl (C=O) groups excluding carboxylic acids is 1. The van der Waals surface area contributed by atoms with Gasteiger partial charge in [0.2, 0.25) is 5.91 Å². The SMILES string of the molecule is COC(C)(C)CC(=O)NC1CCC(C)C1. The van der Waals surface area contributed by atoms with Crippen molar-refractivity contribution < 1.29 is 9.53 Å². The van der Waals surface area contributed by atoms with Crippen molar-refractivity contribution in [3.63, 3.8) is 0 Å². The normalized spacial score (nSPS) is 26.7. The van der Waals surface area contributed by atoms with Crippen LogP contribution in [0.1, 0.15) is 46.5 Å². The van der Waals surface area contributed by atoms with Crippen molar-refractivity contribution in [2.24, 2.45) is 5.92 Å². The summed E-state index contributed by atoms with van der Waals surface area (Å²) in [4.78, 5) is 11.7. The molecule has 0 aliphatic heterocycles. The van der Waals surface area contributed by atoms with Crippen LogP contribution in [-0.2, 0) is 9.53 Å². The van der Waals surface area contributed by atoms with E-state index in [1.165, 1.54) is 6.42 Å². The standard InChI is InChI=1S/C12H23NO2/c1-9-5-6-10(7-9)13-11(14)8-12(2,3)15-4/h9-10H,5-8H2,1-4H3,(H,13,14). The van der Waals surface area contributed by atoms with E-state index in [0.29, 0.717) is 12.5 Å². The molecule has 2 atom stereocenters. The summed E-state index contributed by atoms with van der Waals surface area (Å²) in [5.41, 5.74) is -0.353. The summed E-state index contributed by atoms with van der Waals surface area (Å²) in [6, 6.07) is 0.389. The van der Waals surface area contributed by atoms with Gasteiger partial charge in [-0.3, -0.25) is 4.79 Å². The molecule has 1 saturated carbocycles. The zero-order chi connectivity index (χ0) is 11.5. The van der Waals surface area contributed by atoms with Gasteiger partial charge in [0.25, 0.3) is 0 Å². The van der Waals surface area contributed by atoms with Crippen LogP contribution in [-0.4, -0.2) is 24.7 Å². The van der Waals surface area contributed by atoms with Gasteiger partial charge in [-0.15, -0.1) is 0 Å². The molecule has 15 heavy (non-hydrogen) atoms. The van der Waals surface area contributed by atoms with Gasteiger partial charge in [-0.1, -0.05) is 6.92 Å². The molecule has 3 nitrogen and oxygen atoms in total. The van der Waals surface area contributed by atoms with Crippen molar-refractivity contribution in [3.8, 4) is 0 Å². The van der Waals surface area contributed by atoms with E-state index in [1.807, 2.05) is 13.8 Å². The van der Waals surface area contributed by atoms with Crippen LogP contribution in [0.3, 0.4) is 0 Å². The van der Waals surface area contributed by atoms with Crippen molar-refractivity contribution in [3.05, 3.63) is 0 Å². The number of rotatable bonds is 4. The van der Waals surface area contributed by atoms with Crippen LogP contribution in [0.5, 0.6) is 0 Å². The highest BCUT2D eigenvalue weighted by Gasteiger charge is 2.26.